The number of piperazine rings is 1. The molecule has 0 atom stereocenters. The van der Waals surface area contributed by atoms with Gasteiger partial charge in [0.1, 0.15) is 17.4 Å². The van der Waals surface area contributed by atoms with E-state index >= 15 is 0 Å². The molecule has 0 bridgehead atoms. The van der Waals surface area contributed by atoms with E-state index in [1.807, 2.05) is 43.3 Å². The molecule has 9 nitrogen and oxygen atoms in total. The fraction of sp³-hybridized carbons (Fsp3) is 0.417. The van der Waals surface area contributed by atoms with Gasteiger partial charge in [0.25, 0.3) is 0 Å². The van der Waals surface area contributed by atoms with Gasteiger partial charge in [-0.05, 0) is 49.2 Å². The van der Waals surface area contributed by atoms with E-state index in [0.717, 1.165) is 34.8 Å². The number of H-pyrrole nitrogens is 1. The molecular formula is C24H29N7O2S. The van der Waals surface area contributed by atoms with Gasteiger partial charge >= 0.3 is 0 Å². The van der Waals surface area contributed by atoms with Gasteiger partial charge in [0.05, 0.1) is 33.2 Å². The van der Waals surface area contributed by atoms with E-state index in [9.17, 15) is 10.0 Å². The summed E-state index contributed by atoms with van der Waals surface area (Å²) in [6, 6.07) is 11.9. The summed E-state index contributed by atoms with van der Waals surface area (Å²) in [5.41, 5.74) is 1.99. The number of aromatic amines is 1. The number of likely N-dealkylation sites (N-methyl/N-ethyl adjacent to an activating group) is 1. The number of hydroxylamine groups is 3. The lowest BCUT2D eigenvalue weighted by molar-refractivity contribution is -0.861. The minimum atomic E-state index is -0.226. The van der Waals surface area contributed by atoms with Crippen molar-refractivity contribution in [3.05, 3.63) is 52.9 Å². The van der Waals surface area contributed by atoms with Crippen LogP contribution in [0.15, 0.2) is 46.5 Å². The molecule has 10 heteroatoms. The van der Waals surface area contributed by atoms with Gasteiger partial charge in [0.2, 0.25) is 0 Å². The zero-order chi connectivity index (χ0) is 23.7. The predicted octanol–water partition coefficient (Wildman–Crippen LogP) is 3.69. The van der Waals surface area contributed by atoms with Crippen molar-refractivity contribution >= 4 is 35.0 Å². The van der Waals surface area contributed by atoms with Crippen LogP contribution in [0, 0.1) is 18.0 Å². The van der Waals surface area contributed by atoms with E-state index in [1.165, 1.54) is 11.8 Å². The number of aryl methyl sites for hydroxylation is 1. The predicted molar refractivity (Wildman–Crippen MR) is 132 cm³/mol. The van der Waals surface area contributed by atoms with E-state index in [2.05, 4.69) is 20.4 Å². The molecule has 0 spiro atoms. The third-order valence-electron chi connectivity index (χ3n) is 6.21. The molecular weight excluding hydrogens is 450 g/mol. The quantitative estimate of drug-likeness (QED) is 0.286. The fourth-order valence-corrected chi connectivity index (χ4v) is 4.71. The normalized spacial score (nSPS) is 17.6. The number of Topliss-reactive ketones (excluding diaryl/α,β-unsaturated/α-hetero) is 1. The maximum absolute atomic E-state index is 12.3. The highest BCUT2D eigenvalue weighted by molar-refractivity contribution is 7.99. The molecule has 2 aromatic heterocycles. The van der Waals surface area contributed by atoms with Crippen molar-refractivity contribution in [3.63, 3.8) is 0 Å². The van der Waals surface area contributed by atoms with E-state index in [-0.39, 0.29) is 10.6 Å². The Bertz CT molecular complexity index is 1160. The number of nitrogens with zero attached hydrogens (tertiary/aromatic N) is 5. The fourth-order valence-electron chi connectivity index (χ4n) is 3.95. The summed E-state index contributed by atoms with van der Waals surface area (Å²) in [5.74, 6) is 2.75. The van der Waals surface area contributed by atoms with Crippen LogP contribution >= 0.6 is 11.8 Å². The van der Waals surface area contributed by atoms with Gasteiger partial charge in [0.15, 0.2) is 11.0 Å². The number of hydrogen-bond acceptors (Lipinski definition) is 8. The molecule has 178 valence electrons. The van der Waals surface area contributed by atoms with Gasteiger partial charge < -0.3 is 20.1 Å². The van der Waals surface area contributed by atoms with Crippen molar-refractivity contribution in [2.24, 2.45) is 5.92 Å². The largest absolute Gasteiger partial charge is 0.633 e. The Morgan fingerprint density at radius 3 is 2.56 bits per heavy atom. The molecule has 2 fully saturated rings. The van der Waals surface area contributed by atoms with Crippen molar-refractivity contribution in [1.82, 2.24) is 20.2 Å². The highest BCUT2D eigenvalue weighted by atomic mass is 32.2. The Labute approximate surface area is 203 Å². The number of carbonyl (C=O) groups is 1. The van der Waals surface area contributed by atoms with Crippen LogP contribution in [0.4, 0.5) is 17.5 Å². The number of quaternary nitrogens is 1. The second kappa shape index (κ2) is 9.36. The van der Waals surface area contributed by atoms with Gasteiger partial charge in [-0.3, -0.25) is 9.89 Å². The first-order chi connectivity index (χ1) is 16.3. The third kappa shape index (κ3) is 5.75. The zero-order valence-electron chi connectivity index (χ0n) is 19.5. The number of anilines is 3. The monoisotopic (exact) mass is 479 g/mol. The Balaban J connectivity index is 1.35. The SMILES string of the molecule is Cc1cc(Nc2cc(N3CC[N+](C)([O-])CC3)nc(Sc3ccc(CC(=O)C4CC4)cc3)n2)n[nH]1. The van der Waals surface area contributed by atoms with Crippen molar-refractivity contribution < 1.29 is 9.44 Å². The molecule has 34 heavy (non-hydrogen) atoms. The first-order valence-corrected chi connectivity index (χ1v) is 12.4. The number of aromatic nitrogens is 4. The Hall–Kier alpha value is -2.95. The van der Waals surface area contributed by atoms with Crippen LogP contribution in [0.1, 0.15) is 24.1 Å². The van der Waals surface area contributed by atoms with Gasteiger partial charge in [0, 0.05) is 35.1 Å². The Morgan fingerprint density at radius 2 is 1.91 bits per heavy atom. The van der Waals surface area contributed by atoms with Gasteiger partial charge in [-0.2, -0.15) is 5.10 Å². The summed E-state index contributed by atoms with van der Waals surface area (Å²) < 4.78 is -0.226. The third-order valence-corrected chi connectivity index (χ3v) is 7.08. The first kappa shape index (κ1) is 22.8. The smallest absolute Gasteiger partial charge is 0.196 e. The van der Waals surface area contributed by atoms with E-state index in [4.69, 9.17) is 9.97 Å². The van der Waals surface area contributed by atoms with Crippen molar-refractivity contribution in [2.75, 3.05) is 43.4 Å². The second-order valence-electron chi connectivity index (χ2n) is 9.35. The molecule has 0 radical (unpaired) electrons. The van der Waals surface area contributed by atoms with Crippen molar-refractivity contribution in [3.8, 4) is 0 Å². The second-order valence-corrected chi connectivity index (χ2v) is 10.4. The molecule has 2 aliphatic rings. The molecule has 2 N–H and O–H groups in total. The van der Waals surface area contributed by atoms with Crippen LogP contribution < -0.4 is 10.2 Å². The number of ketones is 1. The lowest BCUT2D eigenvalue weighted by atomic mass is 10.1. The molecule has 1 aromatic carbocycles. The highest BCUT2D eigenvalue weighted by Crippen LogP contribution is 2.32. The zero-order valence-corrected chi connectivity index (χ0v) is 20.3. The average Bonchev–Trinajstić information content (AvgIpc) is 3.57. The summed E-state index contributed by atoms with van der Waals surface area (Å²) in [6.07, 6.45) is 2.59. The van der Waals surface area contributed by atoms with E-state index in [0.29, 0.717) is 55.2 Å². The summed E-state index contributed by atoms with van der Waals surface area (Å²) >= 11 is 1.47. The van der Waals surface area contributed by atoms with Crippen molar-refractivity contribution in [1.29, 1.82) is 0 Å². The van der Waals surface area contributed by atoms with Crippen LogP contribution in [0.2, 0.25) is 0 Å². The molecule has 1 saturated heterocycles. The molecule has 0 amide bonds. The van der Waals surface area contributed by atoms with Gasteiger partial charge in [-0.1, -0.05) is 12.1 Å². The molecule has 0 unspecified atom stereocenters. The highest BCUT2D eigenvalue weighted by Gasteiger charge is 2.29. The van der Waals surface area contributed by atoms with Crippen LogP contribution in [0.25, 0.3) is 0 Å². The molecule has 3 heterocycles. The van der Waals surface area contributed by atoms with E-state index in [1.54, 1.807) is 7.05 Å². The minimum absolute atomic E-state index is 0.226. The maximum atomic E-state index is 12.3. The summed E-state index contributed by atoms with van der Waals surface area (Å²) in [4.78, 5) is 24.7. The summed E-state index contributed by atoms with van der Waals surface area (Å²) in [5, 5.41) is 23.3. The van der Waals surface area contributed by atoms with Gasteiger partial charge in [-0.15, -0.1) is 0 Å². The molecule has 1 saturated carbocycles. The number of hydrogen-bond donors (Lipinski definition) is 2. The summed E-state index contributed by atoms with van der Waals surface area (Å²) in [6.45, 7) is 4.28. The standard InChI is InChI=1S/C24H29N7O2S/c1-16-13-22(29-28-16)25-21-15-23(30-9-11-31(2,33)12-10-30)27-24(26-21)34-19-7-3-17(4-8-19)14-20(32)18-5-6-18/h3-4,7-8,13,15,18H,5-6,9-12,14H2,1-2H3,(H2,25,26,27,28,29). The number of benzene rings is 1. The van der Waals surface area contributed by atoms with Crippen LogP contribution in [0.3, 0.4) is 0 Å². The molecule has 1 aliphatic carbocycles. The number of carbonyl (C=O) groups excluding carboxylic acids is 1. The topological polar surface area (TPSA) is 110 Å². The Kier molecular flexibility index (Phi) is 6.28. The summed E-state index contributed by atoms with van der Waals surface area (Å²) in [7, 11) is 1.72. The average molecular weight is 480 g/mol. The number of nitrogens with one attached hydrogen (secondary N) is 2. The van der Waals surface area contributed by atoms with Crippen LogP contribution in [0.5, 0.6) is 0 Å². The van der Waals surface area contributed by atoms with Crippen LogP contribution in [-0.2, 0) is 11.2 Å². The first-order valence-electron chi connectivity index (χ1n) is 11.6. The maximum Gasteiger partial charge on any atom is 0.196 e. The molecule has 3 aromatic rings. The van der Waals surface area contributed by atoms with E-state index < -0.39 is 0 Å². The number of rotatable bonds is 8. The van der Waals surface area contributed by atoms with Crippen molar-refractivity contribution in [2.45, 2.75) is 36.2 Å². The molecule has 5 rings (SSSR count). The lowest BCUT2D eigenvalue weighted by Gasteiger charge is -2.45. The van der Waals surface area contributed by atoms with Crippen LogP contribution in [-0.4, -0.2) is 63.8 Å². The lowest BCUT2D eigenvalue weighted by Crippen LogP contribution is -2.54. The molecule has 1 aliphatic heterocycles. The minimum Gasteiger partial charge on any atom is -0.633 e. The Morgan fingerprint density at radius 1 is 1.18 bits per heavy atom. The van der Waals surface area contributed by atoms with Gasteiger partial charge in [-0.25, -0.2) is 9.97 Å².